The van der Waals surface area contributed by atoms with Crippen molar-refractivity contribution in [3.05, 3.63) is 57.1 Å². The normalized spacial score (nSPS) is 10.6. The topological polar surface area (TPSA) is 25.2 Å². The van der Waals surface area contributed by atoms with Gasteiger partial charge in [0.15, 0.2) is 0 Å². The molecule has 0 spiro atoms. The highest BCUT2D eigenvalue weighted by Crippen LogP contribution is 2.08. The summed E-state index contributed by atoms with van der Waals surface area (Å²) in [5.41, 5.74) is 1.30. The summed E-state index contributed by atoms with van der Waals surface area (Å²) in [6, 6.07) is 12.5. The van der Waals surface area contributed by atoms with E-state index in [1.54, 1.807) is 0 Å². The van der Waals surface area contributed by atoms with Gasteiger partial charge in [0.2, 0.25) is 0 Å². The zero-order valence-corrected chi connectivity index (χ0v) is 11.3. The molecular formula is C13H14INO. The summed E-state index contributed by atoms with van der Waals surface area (Å²) in [4.78, 5) is 0. The van der Waals surface area contributed by atoms with Crippen LogP contribution >= 0.6 is 22.6 Å². The number of furan rings is 1. The fraction of sp³-hybridized carbons (Fsp3) is 0.231. The molecule has 0 aliphatic rings. The molecule has 2 rings (SSSR count). The lowest BCUT2D eigenvalue weighted by Crippen LogP contribution is -2.11. The van der Waals surface area contributed by atoms with Crippen molar-refractivity contribution in [1.82, 2.24) is 5.32 Å². The van der Waals surface area contributed by atoms with E-state index in [1.807, 2.05) is 19.1 Å². The molecule has 0 bridgehead atoms. The lowest BCUT2D eigenvalue weighted by molar-refractivity contribution is 0.461. The fourth-order valence-corrected chi connectivity index (χ4v) is 1.87. The average Bonchev–Trinajstić information content (AvgIpc) is 2.67. The largest absolute Gasteiger partial charge is 0.465 e. The van der Waals surface area contributed by atoms with Crippen molar-refractivity contribution in [2.24, 2.45) is 0 Å². The molecule has 1 N–H and O–H groups in total. The van der Waals surface area contributed by atoms with Gasteiger partial charge in [-0.1, -0.05) is 12.1 Å². The Morgan fingerprint density at radius 3 is 2.44 bits per heavy atom. The summed E-state index contributed by atoms with van der Waals surface area (Å²) in [6.45, 7) is 3.61. The smallest absolute Gasteiger partial charge is 0.117 e. The van der Waals surface area contributed by atoms with Gasteiger partial charge in [-0.25, -0.2) is 0 Å². The number of benzene rings is 1. The molecule has 84 valence electrons. The van der Waals surface area contributed by atoms with Gasteiger partial charge in [-0.2, -0.15) is 0 Å². The molecule has 0 saturated heterocycles. The van der Waals surface area contributed by atoms with E-state index < -0.39 is 0 Å². The second-order valence-electron chi connectivity index (χ2n) is 3.74. The first-order valence-corrected chi connectivity index (χ1v) is 6.32. The first kappa shape index (κ1) is 11.7. The Morgan fingerprint density at radius 1 is 1.06 bits per heavy atom. The van der Waals surface area contributed by atoms with Crippen LogP contribution in [0.25, 0.3) is 0 Å². The zero-order chi connectivity index (χ0) is 11.4. The summed E-state index contributed by atoms with van der Waals surface area (Å²) in [5.74, 6) is 1.95. The minimum atomic E-state index is 0.778. The molecular weight excluding hydrogens is 313 g/mol. The zero-order valence-electron chi connectivity index (χ0n) is 9.16. The Morgan fingerprint density at radius 2 is 1.81 bits per heavy atom. The second kappa shape index (κ2) is 5.50. The van der Waals surface area contributed by atoms with Gasteiger partial charge in [-0.3, -0.25) is 0 Å². The molecule has 1 aromatic heterocycles. The Labute approximate surface area is 109 Å². The maximum Gasteiger partial charge on any atom is 0.117 e. The minimum Gasteiger partial charge on any atom is -0.465 e. The van der Waals surface area contributed by atoms with E-state index in [0.29, 0.717) is 0 Å². The molecule has 0 amide bonds. The van der Waals surface area contributed by atoms with Crippen LogP contribution in [0, 0.1) is 10.5 Å². The Hall–Kier alpha value is -0.810. The number of rotatable bonds is 4. The van der Waals surface area contributed by atoms with E-state index in [9.17, 15) is 0 Å². The van der Waals surface area contributed by atoms with E-state index >= 15 is 0 Å². The van der Waals surface area contributed by atoms with Crippen molar-refractivity contribution in [2.45, 2.75) is 20.0 Å². The molecule has 1 aromatic carbocycles. The first-order valence-electron chi connectivity index (χ1n) is 5.24. The molecule has 0 atom stereocenters. The van der Waals surface area contributed by atoms with Gasteiger partial charge in [-0.15, -0.1) is 0 Å². The standard InChI is InChI=1S/C13H14INO/c1-10-2-7-13(16-10)9-15-8-11-3-5-12(14)6-4-11/h2-7,15H,8-9H2,1H3. The molecule has 0 radical (unpaired) electrons. The van der Waals surface area contributed by atoms with Crippen molar-refractivity contribution < 1.29 is 4.42 Å². The number of nitrogens with one attached hydrogen (secondary N) is 1. The van der Waals surface area contributed by atoms with E-state index in [1.165, 1.54) is 9.13 Å². The summed E-state index contributed by atoms with van der Waals surface area (Å²) < 4.78 is 6.74. The third-order valence-corrected chi connectivity index (χ3v) is 3.06. The van der Waals surface area contributed by atoms with Crippen molar-refractivity contribution in [2.75, 3.05) is 0 Å². The van der Waals surface area contributed by atoms with E-state index in [4.69, 9.17) is 4.42 Å². The molecule has 16 heavy (non-hydrogen) atoms. The highest BCUT2D eigenvalue weighted by Gasteiger charge is 1.98. The molecule has 0 aliphatic heterocycles. The Bertz CT molecular complexity index is 447. The second-order valence-corrected chi connectivity index (χ2v) is 4.99. The maximum absolute atomic E-state index is 5.48. The van der Waals surface area contributed by atoms with Crippen LogP contribution in [0.5, 0.6) is 0 Å². The first-order chi connectivity index (χ1) is 7.74. The predicted octanol–water partition coefficient (Wildman–Crippen LogP) is 3.48. The fourth-order valence-electron chi connectivity index (χ4n) is 1.51. The van der Waals surface area contributed by atoms with Gasteiger partial charge >= 0.3 is 0 Å². The van der Waals surface area contributed by atoms with Crippen LogP contribution in [-0.4, -0.2) is 0 Å². The summed E-state index contributed by atoms with van der Waals surface area (Å²) in [5, 5.41) is 3.35. The van der Waals surface area contributed by atoms with Gasteiger partial charge < -0.3 is 9.73 Å². The average molecular weight is 327 g/mol. The van der Waals surface area contributed by atoms with Crippen molar-refractivity contribution in [1.29, 1.82) is 0 Å². The van der Waals surface area contributed by atoms with Crippen LogP contribution in [-0.2, 0) is 13.1 Å². The molecule has 0 unspecified atom stereocenters. The minimum absolute atomic E-state index is 0.778. The van der Waals surface area contributed by atoms with Crippen molar-refractivity contribution in [3.63, 3.8) is 0 Å². The number of hydrogen-bond acceptors (Lipinski definition) is 2. The molecule has 0 aliphatic carbocycles. The molecule has 3 heteroatoms. The monoisotopic (exact) mass is 327 g/mol. The summed E-state index contributed by atoms with van der Waals surface area (Å²) in [6.07, 6.45) is 0. The van der Waals surface area contributed by atoms with Gasteiger partial charge in [0.1, 0.15) is 11.5 Å². The van der Waals surface area contributed by atoms with Crippen LogP contribution < -0.4 is 5.32 Å². The van der Waals surface area contributed by atoms with Crippen molar-refractivity contribution >= 4 is 22.6 Å². The molecule has 1 heterocycles. The van der Waals surface area contributed by atoms with Crippen molar-refractivity contribution in [3.8, 4) is 0 Å². The van der Waals surface area contributed by atoms with Crippen LogP contribution in [0.3, 0.4) is 0 Å². The molecule has 2 aromatic rings. The number of hydrogen-bond donors (Lipinski definition) is 1. The third kappa shape index (κ3) is 3.35. The molecule has 0 saturated carbocycles. The van der Waals surface area contributed by atoms with Crippen LogP contribution in [0.15, 0.2) is 40.8 Å². The lowest BCUT2D eigenvalue weighted by Gasteiger charge is -2.03. The SMILES string of the molecule is Cc1ccc(CNCc2ccc(I)cc2)o1. The summed E-state index contributed by atoms with van der Waals surface area (Å²) in [7, 11) is 0. The van der Waals surface area contributed by atoms with Gasteiger partial charge in [0, 0.05) is 10.1 Å². The quantitative estimate of drug-likeness (QED) is 0.870. The number of aryl methyl sites for hydroxylation is 1. The van der Waals surface area contributed by atoms with Crippen LogP contribution in [0.1, 0.15) is 17.1 Å². The van der Waals surface area contributed by atoms with Gasteiger partial charge in [0.05, 0.1) is 6.54 Å². The Balaban J connectivity index is 1.82. The van der Waals surface area contributed by atoms with Gasteiger partial charge in [0.25, 0.3) is 0 Å². The van der Waals surface area contributed by atoms with E-state index in [0.717, 1.165) is 24.6 Å². The number of halogens is 1. The van der Waals surface area contributed by atoms with Gasteiger partial charge in [-0.05, 0) is 59.3 Å². The third-order valence-electron chi connectivity index (χ3n) is 2.34. The van der Waals surface area contributed by atoms with E-state index in [-0.39, 0.29) is 0 Å². The Kier molecular flexibility index (Phi) is 4.01. The molecule has 0 fully saturated rings. The van der Waals surface area contributed by atoms with Crippen LogP contribution in [0.4, 0.5) is 0 Å². The maximum atomic E-state index is 5.48. The highest BCUT2D eigenvalue weighted by molar-refractivity contribution is 14.1. The molecule has 2 nitrogen and oxygen atoms in total. The highest BCUT2D eigenvalue weighted by atomic mass is 127. The van der Waals surface area contributed by atoms with Crippen LogP contribution in [0.2, 0.25) is 0 Å². The lowest BCUT2D eigenvalue weighted by atomic mass is 10.2. The summed E-state index contributed by atoms with van der Waals surface area (Å²) >= 11 is 2.31. The van der Waals surface area contributed by atoms with E-state index in [2.05, 4.69) is 52.2 Å². The predicted molar refractivity (Wildman–Crippen MR) is 73.1 cm³/mol.